The highest BCUT2D eigenvalue weighted by molar-refractivity contribution is 6.04. The zero-order chi connectivity index (χ0) is 16.0. The smallest absolute Gasteiger partial charge is 0.269 e. The molecule has 23 heavy (non-hydrogen) atoms. The Kier molecular flexibility index (Phi) is 2.90. The highest BCUT2D eigenvalue weighted by Crippen LogP contribution is 2.42. The Morgan fingerprint density at radius 2 is 1.83 bits per heavy atom. The van der Waals surface area contributed by atoms with Crippen molar-refractivity contribution in [3.8, 4) is 0 Å². The lowest BCUT2D eigenvalue weighted by molar-refractivity contribution is -0.384. The maximum Gasteiger partial charge on any atom is 0.269 e. The van der Waals surface area contributed by atoms with Crippen molar-refractivity contribution in [2.24, 2.45) is 0 Å². The number of fused-ring (bicyclic) bond motifs is 3. The molecule has 114 valence electrons. The first-order valence-corrected chi connectivity index (χ1v) is 7.26. The number of amides is 1. The van der Waals surface area contributed by atoms with E-state index in [1.165, 1.54) is 12.1 Å². The Morgan fingerprint density at radius 1 is 1.09 bits per heavy atom. The summed E-state index contributed by atoms with van der Waals surface area (Å²) >= 11 is 0. The van der Waals surface area contributed by atoms with E-state index in [0.717, 1.165) is 11.3 Å². The van der Waals surface area contributed by atoms with Gasteiger partial charge < -0.3 is 5.32 Å². The fourth-order valence-corrected chi connectivity index (χ4v) is 3.22. The van der Waals surface area contributed by atoms with E-state index < -0.39 is 4.92 Å². The second-order valence-electron chi connectivity index (χ2n) is 5.54. The summed E-state index contributed by atoms with van der Waals surface area (Å²) < 4.78 is 0. The van der Waals surface area contributed by atoms with Gasteiger partial charge in [-0.3, -0.25) is 19.8 Å². The van der Waals surface area contributed by atoms with Gasteiger partial charge >= 0.3 is 0 Å². The molecular weight excluding hydrogens is 294 g/mol. The molecule has 1 N–H and O–H groups in total. The number of rotatable bonds is 2. The number of nitro groups is 1. The van der Waals surface area contributed by atoms with E-state index in [1.54, 1.807) is 23.1 Å². The minimum atomic E-state index is -0.447. The normalized spacial score (nSPS) is 21.6. The van der Waals surface area contributed by atoms with Crippen LogP contribution >= 0.6 is 0 Å². The van der Waals surface area contributed by atoms with Crippen LogP contribution in [0.1, 0.15) is 11.6 Å². The van der Waals surface area contributed by atoms with Gasteiger partial charge in [0.2, 0.25) is 0 Å². The van der Waals surface area contributed by atoms with Crippen LogP contribution in [0, 0.1) is 10.1 Å². The number of nitro benzene ring substituents is 1. The molecule has 2 aliphatic rings. The van der Waals surface area contributed by atoms with Gasteiger partial charge in [-0.2, -0.15) is 0 Å². The van der Waals surface area contributed by atoms with E-state index in [1.807, 2.05) is 30.3 Å². The lowest BCUT2D eigenvalue weighted by Crippen LogP contribution is -2.42. The molecule has 2 atom stereocenters. The standard InChI is InChI=1S/C17H13N3O3/c21-16-10-9-15-17(13-3-1-2-4-14(13)18-15)19(16)11-5-7-12(8-6-11)20(22)23/h1-10,15,17-18H. The molecule has 0 bridgehead atoms. The zero-order valence-corrected chi connectivity index (χ0v) is 12.0. The summed E-state index contributed by atoms with van der Waals surface area (Å²) in [4.78, 5) is 24.5. The summed E-state index contributed by atoms with van der Waals surface area (Å²) in [7, 11) is 0. The van der Waals surface area contributed by atoms with Crippen molar-refractivity contribution in [2.45, 2.75) is 12.1 Å². The van der Waals surface area contributed by atoms with Gasteiger partial charge in [0.15, 0.2) is 0 Å². The molecule has 2 aliphatic heterocycles. The van der Waals surface area contributed by atoms with Gasteiger partial charge in [0.1, 0.15) is 0 Å². The topological polar surface area (TPSA) is 75.5 Å². The molecular formula is C17H13N3O3. The van der Waals surface area contributed by atoms with Crippen molar-refractivity contribution in [1.29, 1.82) is 0 Å². The van der Waals surface area contributed by atoms with Crippen LogP contribution in [0.5, 0.6) is 0 Å². The summed E-state index contributed by atoms with van der Waals surface area (Å²) in [6.07, 6.45) is 3.41. The highest BCUT2D eigenvalue weighted by Gasteiger charge is 2.40. The fourth-order valence-electron chi connectivity index (χ4n) is 3.22. The van der Waals surface area contributed by atoms with Gasteiger partial charge in [-0.05, 0) is 18.2 Å². The lowest BCUT2D eigenvalue weighted by atomic mass is 9.97. The van der Waals surface area contributed by atoms with Crippen molar-refractivity contribution in [3.63, 3.8) is 0 Å². The van der Waals surface area contributed by atoms with Gasteiger partial charge in [-0.1, -0.05) is 24.3 Å². The fraction of sp³-hybridized carbons (Fsp3) is 0.118. The number of hydrogen-bond donors (Lipinski definition) is 1. The van der Waals surface area contributed by atoms with Gasteiger partial charge in [0, 0.05) is 35.1 Å². The van der Waals surface area contributed by atoms with E-state index >= 15 is 0 Å². The molecule has 2 aromatic carbocycles. The first-order valence-electron chi connectivity index (χ1n) is 7.26. The molecule has 0 saturated carbocycles. The molecule has 0 aliphatic carbocycles. The second kappa shape index (κ2) is 4.95. The number of nitrogens with one attached hydrogen (secondary N) is 1. The molecule has 0 radical (unpaired) electrons. The van der Waals surface area contributed by atoms with E-state index in [0.29, 0.717) is 5.69 Å². The maximum absolute atomic E-state index is 12.4. The quantitative estimate of drug-likeness (QED) is 0.683. The summed E-state index contributed by atoms with van der Waals surface area (Å²) in [6, 6.07) is 13.8. The number of benzene rings is 2. The Hall–Kier alpha value is -3.15. The highest BCUT2D eigenvalue weighted by atomic mass is 16.6. The Bertz CT molecular complexity index is 829. The molecule has 0 aromatic heterocycles. The minimum Gasteiger partial charge on any atom is -0.376 e. The molecule has 6 heteroatoms. The van der Waals surface area contributed by atoms with Crippen LogP contribution < -0.4 is 10.2 Å². The summed E-state index contributed by atoms with van der Waals surface area (Å²) in [5.74, 6) is -0.126. The molecule has 0 spiro atoms. The minimum absolute atomic E-state index is 0.000270. The molecule has 6 nitrogen and oxygen atoms in total. The van der Waals surface area contributed by atoms with Gasteiger partial charge in [-0.25, -0.2) is 0 Å². The molecule has 2 aromatic rings. The molecule has 2 heterocycles. The SMILES string of the molecule is O=C1C=CC2Nc3ccccc3C2N1c1ccc([N+](=O)[O-])cc1. The van der Waals surface area contributed by atoms with Crippen LogP contribution in [0.15, 0.2) is 60.7 Å². The Balaban J connectivity index is 1.79. The predicted molar refractivity (Wildman–Crippen MR) is 86.3 cm³/mol. The largest absolute Gasteiger partial charge is 0.376 e. The first-order chi connectivity index (χ1) is 11.1. The van der Waals surface area contributed by atoms with Crippen molar-refractivity contribution in [1.82, 2.24) is 0 Å². The van der Waals surface area contributed by atoms with Crippen molar-refractivity contribution in [3.05, 3.63) is 76.4 Å². The van der Waals surface area contributed by atoms with Crippen molar-refractivity contribution in [2.75, 3.05) is 10.2 Å². The van der Waals surface area contributed by atoms with Crippen LogP contribution in [0.2, 0.25) is 0 Å². The van der Waals surface area contributed by atoms with Crippen molar-refractivity contribution >= 4 is 23.0 Å². The maximum atomic E-state index is 12.4. The number of non-ortho nitro benzene ring substituents is 1. The molecule has 2 unspecified atom stereocenters. The summed E-state index contributed by atoms with van der Waals surface area (Å²) in [6.45, 7) is 0. The third-order valence-corrected chi connectivity index (χ3v) is 4.24. The third-order valence-electron chi connectivity index (χ3n) is 4.24. The zero-order valence-electron chi connectivity index (χ0n) is 12.0. The third kappa shape index (κ3) is 2.07. The van der Waals surface area contributed by atoms with Crippen LogP contribution in [0.3, 0.4) is 0 Å². The van der Waals surface area contributed by atoms with Crippen LogP contribution in [0.4, 0.5) is 17.1 Å². The molecule has 0 fully saturated rings. The van der Waals surface area contributed by atoms with Gasteiger partial charge in [0.05, 0.1) is 17.0 Å². The first kappa shape index (κ1) is 13.5. The Labute approximate surface area is 132 Å². The van der Waals surface area contributed by atoms with Crippen LogP contribution in [0.25, 0.3) is 0 Å². The van der Waals surface area contributed by atoms with Crippen molar-refractivity contribution < 1.29 is 9.72 Å². The predicted octanol–water partition coefficient (Wildman–Crippen LogP) is 3.03. The summed E-state index contributed by atoms with van der Waals surface area (Å²) in [5.41, 5.74) is 2.72. The second-order valence-corrected chi connectivity index (χ2v) is 5.54. The molecule has 4 rings (SSSR count). The number of carbonyl (C=O) groups is 1. The van der Waals surface area contributed by atoms with E-state index in [2.05, 4.69) is 5.32 Å². The van der Waals surface area contributed by atoms with E-state index in [-0.39, 0.29) is 23.7 Å². The van der Waals surface area contributed by atoms with Crippen LogP contribution in [-0.4, -0.2) is 16.9 Å². The number of carbonyl (C=O) groups excluding carboxylic acids is 1. The van der Waals surface area contributed by atoms with Gasteiger partial charge in [-0.15, -0.1) is 0 Å². The summed E-state index contributed by atoms with van der Waals surface area (Å²) in [5, 5.41) is 14.2. The number of para-hydroxylation sites is 1. The average molecular weight is 307 g/mol. The van der Waals surface area contributed by atoms with Crippen LogP contribution in [-0.2, 0) is 4.79 Å². The monoisotopic (exact) mass is 307 g/mol. The van der Waals surface area contributed by atoms with Gasteiger partial charge in [0.25, 0.3) is 11.6 Å². The Morgan fingerprint density at radius 3 is 2.57 bits per heavy atom. The molecule has 0 saturated heterocycles. The average Bonchev–Trinajstić information content (AvgIpc) is 2.94. The number of hydrogen-bond acceptors (Lipinski definition) is 4. The number of nitrogens with zero attached hydrogens (tertiary/aromatic N) is 2. The van der Waals surface area contributed by atoms with E-state index in [4.69, 9.17) is 0 Å². The molecule has 1 amide bonds. The van der Waals surface area contributed by atoms with E-state index in [9.17, 15) is 14.9 Å². The number of anilines is 2. The lowest BCUT2D eigenvalue weighted by Gasteiger charge is -2.34.